The highest BCUT2D eigenvalue weighted by molar-refractivity contribution is 7.89. The van der Waals surface area contributed by atoms with Gasteiger partial charge < -0.3 is 9.64 Å². The Balaban J connectivity index is 1.52. The number of likely N-dealkylation sites (tertiary alicyclic amines) is 1. The summed E-state index contributed by atoms with van der Waals surface area (Å²) >= 11 is 0. The van der Waals surface area contributed by atoms with Crippen LogP contribution in [0.4, 0.5) is 4.79 Å². The predicted molar refractivity (Wildman–Crippen MR) is 144 cm³/mol. The fraction of sp³-hybridized carbons (Fsp3) is 0.538. The molecule has 1 aliphatic carbocycles. The molecule has 12 nitrogen and oxygen atoms in total. The Labute approximate surface area is 226 Å². The molecular formula is C26H34N6O6S. The Morgan fingerprint density at radius 2 is 1.87 bits per heavy atom. The first kappa shape index (κ1) is 27.1. The average molecular weight is 559 g/mol. The maximum absolute atomic E-state index is 13.6. The minimum atomic E-state index is -3.86. The van der Waals surface area contributed by atoms with Crippen LogP contribution in [-0.2, 0) is 34.9 Å². The summed E-state index contributed by atoms with van der Waals surface area (Å²) in [6.45, 7) is 8.28. The SMILES string of the molecule is Cn1cc(Cn2c(=O)c3cc(S(=O)(=O)NC4(C)CC4)ccc3n(CC3CN(C(=O)OC(C)(C)C)C3)c2=O)cn1. The summed E-state index contributed by atoms with van der Waals surface area (Å²) in [5.74, 6) is -0.0392. The summed E-state index contributed by atoms with van der Waals surface area (Å²) in [6.07, 6.45) is 4.38. The minimum absolute atomic E-state index is 0.0105. The lowest BCUT2D eigenvalue weighted by molar-refractivity contribution is -0.00337. The predicted octanol–water partition coefficient (Wildman–Crippen LogP) is 1.64. The highest BCUT2D eigenvalue weighted by atomic mass is 32.2. The first-order chi connectivity index (χ1) is 18.1. The molecule has 1 aliphatic heterocycles. The Hall–Kier alpha value is -3.45. The second kappa shape index (κ2) is 9.33. The summed E-state index contributed by atoms with van der Waals surface area (Å²) in [4.78, 5) is 41.1. The molecule has 13 heteroatoms. The smallest absolute Gasteiger partial charge is 0.410 e. The van der Waals surface area contributed by atoms with E-state index in [4.69, 9.17) is 4.74 Å². The average Bonchev–Trinajstić information content (AvgIpc) is 3.37. The second-order valence-corrected chi connectivity index (χ2v) is 13.6. The van der Waals surface area contributed by atoms with Gasteiger partial charge in [0.2, 0.25) is 10.0 Å². The molecule has 0 spiro atoms. The molecule has 39 heavy (non-hydrogen) atoms. The Morgan fingerprint density at radius 3 is 2.46 bits per heavy atom. The van der Waals surface area contributed by atoms with Crippen molar-refractivity contribution in [3.8, 4) is 0 Å². The Bertz CT molecular complexity index is 1670. The van der Waals surface area contributed by atoms with E-state index >= 15 is 0 Å². The molecular weight excluding hydrogens is 524 g/mol. The van der Waals surface area contributed by atoms with Crippen LogP contribution in [0.5, 0.6) is 0 Å². The number of benzene rings is 1. The molecule has 210 valence electrons. The lowest BCUT2D eigenvalue weighted by Gasteiger charge is -2.40. The fourth-order valence-corrected chi connectivity index (χ4v) is 6.20. The van der Waals surface area contributed by atoms with Crippen molar-refractivity contribution >= 4 is 27.0 Å². The normalized spacial score (nSPS) is 17.3. The first-order valence-corrected chi connectivity index (χ1v) is 14.4. The van der Waals surface area contributed by atoms with Gasteiger partial charge in [-0.1, -0.05) is 0 Å². The van der Waals surface area contributed by atoms with Crippen LogP contribution in [0.1, 0.15) is 46.1 Å². The number of rotatable bonds is 7. The molecule has 2 aliphatic rings. The van der Waals surface area contributed by atoms with E-state index in [1.807, 2.05) is 6.92 Å². The Kier molecular flexibility index (Phi) is 6.49. The quantitative estimate of drug-likeness (QED) is 0.465. The number of amides is 1. The van der Waals surface area contributed by atoms with E-state index in [9.17, 15) is 22.8 Å². The third-order valence-corrected chi connectivity index (χ3v) is 8.67. The second-order valence-electron chi connectivity index (χ2n) is 11.9. The van der Waals surface area contributed by atoms with Gasteiger partial charge in [0.25, 0.3) is 5.56 Å². The summed E-state index contributed by atoms with van der Waals surface area (Å²) < 4.78 is 38.4. The molecule has 0 unspecified atom stereocenters. The minimum Gasteiger partial charge on any atom is -0.444 e. The van der Waals surface area contributed by atoms with E-state index in [1.54, 1.807) is 49.8 Å². The van der Waals surface area contributed by atoms with Gasteiger partial charge >= 0.3 is 11.8 Å². The van der Waals surface area contributed by atoms with Crippen LogP contribution >= 0.6 is 0 Å². The number of nitrogens with zero attached hydrogens (tertiary/aromatic N) is 5. The van der Waals surface area contributed by atoms with Gasteiger partial charge in [0.05, 0.1) is 28.5 Å². The number of carbonyl (C=O) groups is 1. The van der Waals surface area contributed by atoms with Gasteiger partial charge in [0.15, 0.2) is 0 Å². The van der Waals surface area contributed by atoms with Gasteiger partial charge in [-0.2, -0.15) is 5.10 Å². The number of aromatic nitrogens is 4. The van der Waals surface area contributed by atoms with Crippen molar-refractivity contribution in [2.24, 2.45) is 13.0 Å². The summed E-state index contributed by atoms with van der Waals surface area (Å²) in [7, 11) is -2.12. The van der Waals surface area contributed by atoms with Crippen molar-refractivity contribution in [3.05, 3.63) is 57.0 Å². The molecule has 1 saturated carbocycles. The number of ether oxygens (including phenoxy) is 1. The van der Waals surface area contributed by atoms with Crippen molar-refractivity contribution in [2.75, 3.05) is 13.1 Å². The van der Waals surface area contributed by atoms with E-state index in [2.05, 4.69) is 9.82 Å². The van der Waals surface area contributed by atoms with E-state index in [0.717, 1.165) is 17.4 Å². The number of sulfonamides is 1. The largest absolute Gasteiger partial charge is 0.444 e. The van der Waals surface area contributed by atoms with Crippen molar-refractivity contribution in [1.29, 1.82) is 0 Å². The number of aryl methyl sites for hydroxylation is 1. The molecule has 2 fully saturated rings. The molecule has 1 amide bonds. The van der Waals surface area contributed by atoms with Crippen molar-refractivity contribution in [2.45, 2.75) is 69.7 Å². The molecule has 1 N–H and O–H groups in total. The lowest BCUT2D eigenvalue weighted by Crippen LogP contribution is -2.54. The fourth-order valence-electron chi connectivity index (χ4n) is 4.71. The van der Waals surface area contributed by atoms with Gasteiger partial charge in [-0.3, -0.25) is 18.6 Å². The number of hydrogen-bond donors (Lipinski definition) is 1. The molecule has 1 saturated heterocycles. The topological polar surface area (TPSA) is 138 Å². The number of carbonyl (C=O) groups excluding carboxylic acids is 1. The molecule has 3 heterocycles. The lowest BCUT2D eigenvalue weighted by atomic mass is 10.0. The number of nitrogens with one attached hydrogen (secondary N) is 1. The molecule has 0 bridgehead atoms. The van der Waals surface area contributed by atoms with Crippen molar-refractivity contribution < 1.29 is 17.9 Å². The van der Waals surface area contributed by atoms with E-state index < -0.39 is 38.5 Å². The maximum atomic E-state index is 13.6. The number of fused-ring (bicyclic) bond motifs is 1. The van der Waals surface area contributed by atoms with Crippen LogP contribution in [-0.4, -0.2) is 62.6 Å². The monoisotopic (exact) mass is 558 g/mol. The van der Waals surface area contributed by atoms with Gasteiger partial charge in [-0.05, 0) is 58.7 Å². The first-order valence-electron chi connectivity index (χ1n) is 12.9. The zero-order chi connectivity index (χ0) is 28.3. The summed E-state index contributed by atoms with van der Waals surface area (Å²) in [6, 6.07) is 4.28. The van der Waals surface area contributed by atoms with Crippen LogP contribution in [0.2, 0.25) is 0 Å². The maximum Gasteiger partial charge on any atom is 0.410 e. The molecule has 3 aromatic rings. The van der Waals surface area contributed by atoms with E-state index in [0.29, 0.717) is 24.2 Å². The standard InChI is InChI=1S/C26H34N6O6S/c1-25(2,3)38-24(35)30-13-18(14-30)16-31-21-7-6-19(39(36,37)28-26(4)8-9-26)10-20(21)22(33)32(23(31)34)15-17-11-27-29(5)12-17/h6-7,10-12,18,28H,8-9,13-16H2,1-5H3. The van der Waals surface area contributed by atoms with E-state index in [1.165, 1.54) is 22.8 Å². The van der Waals surface area contributed by atoms with Crippen LogP contribution < -0.4 is 16.0 Å². The molecule has 1 aromatic carbocycles. The van der Waals surface area contributed by atoms with Crippen LogP contribution in [0.15, 0.2) is 45.1 Å². The van der Waals surface area contributed by atoms with Crippen molar-refractivity contribution in [3.63, 3.8) is 0 Å². The van der Waals surface area contributed by atoms with Gasteiger partial charge in [0, 0.05) is 49.9 Å². The third-order valence-electron chi connectivity index (χ3n) is 7.04. The number of hydrogen-bond acceptors (Lipinski definition) is 7. The summed E-state index contributed by atoms with van der Waals surface area (Å²) in [5.41, 5.74) is -1.16. The summed E-state index contributed by atoms with van der Waals surface area (Å²) in [5, 5.41) is 4.25. The van der Waals surface area contributed by atoms with Gasteiger partial charge in [0.1, 0.15) is 5.60 Å². The van der Waals surface area contributed by atoms with Crippen LogP contribution in [0.25, 0.3) is 10.9 Å². The molecule has 0 atom stereocenters. The van der Waals surface area contributed by atoms with E-state index in [-0.39, 0.29) is 29.3 Å². The Morgan fingerprint density at radius 1 is 1.18 bits per heavy atom. The van der Waals surface area contributed by atoms with Crippen LogP contribution in [0.3, 0.4) is 0 Å². The van der Waals surface area contributed by atoms with Gasteiger partial charge in [-0.25, -0.2) is 22.7 Å². The molecule has 0 radical (unpaired) electrons. The van der Waals surface area contributed by atoms with Gasteiger partial charge in [-0.15, -0.1) is 0 Å². The zero-order valence-electron chi connectivity index (χ0n) is 22.8. The zero-order valence-corrected chi connectivity index (χ0v) is 23.6. The molecule has 2 aromatic heterocycles. The highest BCUT2D eigenvalue weighted by Crippen LogP contribution is 2.36. The van der Waals surface area contributed by atoms with Crippen LogP contribution in [0, 0.1) is 5.92 Å². The molecule has 5 rings (SSSR count). The third kappa shape index (κ3) is 5.64. The van der Waals surface area contributed by atoms with Crippen molar-refractivity contribution in [1.82, 2.24) is 28.5 Å². The highest BCUT2D eigenvalue weighted by Gasteiger charge is 2.41.